The van der Waals surface area contributed by atoms with Gasteiger partial charge in [-0.15, -0.1) is 0 Å². The van der Waals surface area contributed by atoms with Crippen LogP contribution in [0.15, 0.2) is 11.4 Å². The predicted octanol–water partition coefficient (Wildman–Crippen LogP) is 3.54. The number of hydrogen-bond donors (Lipinski definition) is 1. The first-order valence-corrected chi connectivity index (χ1v) is 8.46. The third-order valence-corrected chi connectivity index (χ3v) is 5.69. The molecular formula is C15H22N2O2S. The molecule has 1 aromatic rings. The molecule has 5 heteroatoms. The molecule has 110 valence electrons. The van der Waals surface area contributed by atoms with Crippen molar-refractivity contribution in [3.05, 3.63) is 11.9 Å². The van der Waals surface area contributed by atoms with Crippen LogP contribution < -0.4 is 0 Å². The second-order valence-corrected chi connectivity index (χ2v) is 7.36. The Morgan fingerprint density at radius 1 is 1.50 bits per heavy atom. The van der Waals surface area contributed by atoms with E-state index < -0.39 is 5.97 Å². The highest BCUT2D eigenvalue weighted by Gasteiger charge is 2.42. The highest BCUT2D eigenvalue weighted by Crippen LogP contribution is 2.52. The summed E-state index contributed by atoms with van der Waals surface area (Å²) in [5.41, 5.74) is 1.26. The summed E-state index contributed by atoms with van der Waals surface area (Å²) in [4.78, 5) is 15.3. The maximum atomic E-state index is 10.8. The Hall–Kier alpha value is -0.970. The molecule has 0 aromatic carbocycles. The van der Waals surface area contributed by atoms with Crippen molar-refractivity contribution < 1.29 is 9.90 Å². The van der Waals surface area contributed by atoms with Crippen LogP contribution in [0, 0.1) is 11.8 Å². The molecule has 3 rings (SSSR count). The quantitative estimate of drug-likeness (QED) is 0.844. The Kier molecular flexibility index (Phi) is 3.80. The lowest BCUT2D eigenvalue weighted by atomic mass is 9.94. The van der Waals surface area contributed by atoms with Crippen LogP contribution in [0.4, 0.5) is 0 Å². The molecule has 0 spiro atoms. The third-order valence-electron chi connectivity index (χ3n) is 4.74. The van der Waals surface area contributed by atoms with Gasteiger partial charge in [-0.3, -0.25) is 4.79 Å². The zero-order chi connectivity index (χ0) is 14.3. The van der Waals surface area contributed by atoms with Gasteiger partial charge in [-0.25, -0.2) is 4.98 Å². The van der Waals surface area contributed by atoms with Gasteiger partial charge in [0.2, 0.25) is 0 Å². The van der Waals surface area contributed by atoms with Gasteiger partial charge in [0.15, 0.2) is 5.16 Å². The molecule has 2 saturated carbocycles. The lowest BCUT2D eigenvalue weighted by Gasteiger charge is -2.27. The largest absolute Gasteiger partial charge is 0.481 e. The van der Waals surface area contributed by atoms with E-state index in [0.717, 1.165) is 17.0 Å². The first-order chi connectivity index (χ1) is 9.56. The molecule has 0 saturated heterocycles. The number of carboxylic acid groups (broad SMARTS) is 1. The second-order valence-electron chi connectivity index (χ2n) is 6.41. The summed E-state index contributed by atoms with van der Waals surface area (Å²) >= 11 is 1.36. The maximum Gasteiger partial charge on any atom is 0.313 e. The number of hydrogen-bond acceptors (Lipinski definition) is 3. The molecular weight excluding hydrogens is 272 g/mol. The molecule has 0 amide bonds. The summed E-state index contributed by atoms with van der Waals surface area (Å²) < 4.78 is 2.36. The number of carboxylic acids is 1. The topological polar surface area (TPSA) is 55.1 Å². The van der Waals surface area contributed by atoms with E-state index in [1.54, 1.807) is 0 Å². The van der Waals surface area contributed by atoms with Gasteiger partial charge in [-0.05, 0) is 37.0 Å². The number of nitrogens with zero attached hydrogens (tertiary/aromatic N) is 2. The lowest BCUT2D eigenvalue weighted by molar-refractivity contribution is -0.133. The highest BCUT2D eigenvalue weighted by molar-refractivity contribution is 7.99. The first-order valence-electron chi connectivity index (χ1n) is 7.48. The van der Waals surface area contributed by atoms with Crippen LogP contribution in [0.1, 0.15) is 57.2 Å². The van der Waals surface area contributed by atoms with E-state index in [9.17, 15) is 4.79 Å². The molecule has 3 atom stereocenters. The zero-order valence-electron chi connectivity index (χ0n) is 12.1. The number of aromatic nitrogens is 2. The molecule has 4 nitrogen and oxygen atoms in total. The van der Waals surface area contributed by atoms with Crippen molar-refractivity contribution in [1.29, 1.82) is 0 Å². The van der Waals surface area contributed by atoms with E-state index in [1.807, 2.05) is 6.20 Å². The SMILES string of the molecule is CC(C)c1cnc(SCC(=O)O)n1C1CC2CCC1C2. The molecule has 1 heterocycles. The second kappa shape index (κ2) is 5.43. The first kappa shape index (κ1) is 14.0. The standard InChI is InChI=1S/C15H22N2O2S/c1-9(2)13-7-16-15(20-8-14(18)19)17(13)12-6-10-3-4-11(12)5-10/h7,9-12H,3-6,8H2,1-2H3,(H,18,19). The fourth-order valence-electron chi connectivity index (χ4n) is 3.88. The van der Waals surface area contributed by atoms with E-state index in [1.165, 1.54) is 43.1 Å². The summed E-state index contributed by atoms with van der Waals surface area (Å²) in [7, 11) is 0. The van der Waals surface area contributed by atoms with Gasteiger partial charge in [0.05, 0.1) is 5.75 Å². The Labute approximate surface area is 124 Å². The van der Waals surface area contributed by atoms with Crippen LogP contribution in [0.2, 0.25) is 0 Å². The zero-order valence-corrected chi connectivity index (χ0v) is 12.9. The van der Waals surface area contributed by atoms with E-state index in [2.05, 4.69) is 23.4 Å². The molecule has 1 aromatic heterocycles. The number of thioether (sulfide) groups is 1. The normalized spacial score (nSPS) is 28.4. The molecule has 2 aliphatic rings. The third kappa shape index (κ3) is 2.48. The van der Waals surface area contributed by atoms with Crippen molar-refractivity contribution in [2.24, 2.45) is 11.8 Å². The monoisotopic (exact) mass is 294 g/mol. The van der Waals surface area contributed by atoms with Crippen LogP contribution >= 0.6 is 11.8 Å². The van der Waals surface area contributed by atoms with Gasteiger partial charge >= 0.3 is 5.97 Å². The fraction of sp³-hybridized carbons (Fsp3) is 0.733. The molecule has 1 N–H and O–H groups in total. The maximum absolute atomic E-state index is 10.8. The van der Waals surface area contributed by atoms with E-state index >= 15 is 0 Å². The van der Waals surface area contributed by atoms with Crippen molar-refractivity contribution in [3.8, 4) is 0 Å². The van der Waals surface area contributed by atoms with Crippen molar-refractivity contribution in [1.82, 2.24) is 9.55 Å². The average Bonchev–Trinajstić information content (AvgIpc) is 3.09. The Balaban J connectivity index is 1.89. The Bertz CT molecular complexity index is 512. The van der Waals surface area contributed by atoms with E-state index in [0.29, 0.717) is 12.0 Å². The van der Waals surface area contributed by atoms with Crippen LogP contribution in [-0.4, -0.2) is 26.4 Å². The van der Waals surface area contributed by atoms with Crippen molar-refractivity contribution >= 4 is 17.7 Å². The summed E-state index contributed by atoms with van der Waals surface area (Å²) in [6, 6.07) is 0.546. The van der Waals surface area contributed by atoms with Gasteiger partial charge < -0.3 is 9.67 Å². The summed E-state index contributed by atoms with van der Waals surface area (Å²) in [5, 5.41) is 9.79. The molecule has 0 radical (unpaired) electrons. The minimum Gasteiger partial charge on any atom is -0.481 e. The minimum absolute atomic E-state index is 0.0926. The fourth-order valence-corrected chi connectivity index (χ4v) is 4.64. The average molecular weight is 294 g/mol. The van der Waals surface area contributed by atoms with E-state index in [-0.39, 0.29) is 5.75 Å². The minimum atomic E-state index is -0.774. The van der Waals surface area contributed by atoms with Crippen LogP contribution in [0.25, 0.3) is 0 Å². The number of carbonyl (C=O) groups is 1. The molecule has 3 unspecified atom stereocenters. The van der Waals surface area contributed by atoms with Gasteiger partial charge in [-0.2, -0.15) is 0 Å². The van der Waals surface area contributed by atoms with Gasteiger partial charge in [0, 0.05) is 17.9 Å². The number of rotatable bonds is 5. The number of imidazole rings is 1. The summed E-state index contributed by atoms with van der Waals surface area (Å²) in [6.07, 6.45) is 7.25. The smallest absolute Gasteiger partial charge is 0.313 e. The summed E-state index contributed by atoms with van der Waals surface area (Å²) in [5.74, 6) is 1.40. The van der Waals surface area contributed by atoms with Crippen LogP contribution in [0.5, 0.6) is 0 Å². The molecule has 20 heavy (non-hydrogen) atoms. The van der Waals surface area contributed by atoms with Gasteiger partial charge in [0.25, 0.3) is 0 Å². The van der Waals surface area contributed by atoms with Gasteiger partial charge in [-0.1, -0.05) is 32.0 Å². The van der Waals surface area contributed by atoms with Crippen molar-refractivity contribution in [2.45, 2.75) is 56.6 Å². The number of fused-ring (bicyclic) bond motifs is 2. The molecule has 2 aliphatic carbocycles. The van der Waals surface area contributed by atoms with Crippen LogP contribution in [-0.2, 0) is 4.79 Å². The summed E-state index contributed by atoms with van der Waals surface area (Å²) in [6.45, 7) is 4.37. The molecule has 2 fully saturated rings. The molecule has 0 aliphatic heterocycles. The highest BCUT2D eigenvalue weighted by atomic mass is 32.2. The van der Waals surface area contributed by atoms with Crippen molar-refractivity contribution in [3.63, 3.8) is 0 Å². The predicted molar refractivity (Wildman–Crippen MR) is 79.2 cm³/mol. The Morgan fingerprint density at radius 3 is 2.85 bits per heavy atom. The Morgan fingerprint density at radius 2 is 2.30 bits per heavy atom. The van der Waals surface area contributed by atoms with Gasteiger partial charge in [0.1, 0.15) is 0 Å². The van der Waals surface area contributed by atoms with Crippen LogP contribution in [0.3, 0.4) is 0 Å². The lowest BCUT2D eigenvalue weighted by Crippen LogP contribution is -2.20. The van der Waals surface area contributed by atoms with E-state index in [4.69, 9.17) is 5.11 Å². The number of aliphatic carboxylic acids is 1. The molecule has 2 bridgehead atoms. The van der Waals surface area contributed by atoms with Crippen molar-refractivity contribution in [2.75, 3.05) is 5.75 Å².